The Morgan fingerprint density at radius 1 is 1.09 bits per heavy atom. The van der Waals surface area contributed by atoms with Gasteiger partial charge in [0.25, 0.3) is 0 Å². The van der Waals surface area contributed by atoms with Crippen molar-refractivity contribution in [1.29, 1.82) is 0 Å². The van der Waals surface area contributed by atoms with E-state index < -0.39 is 17.3 Å². The van der Waals surface area contributed by atoms with Gasteiger partial charge in [-0.25, -0.2) is 9.52 Å². The standard InChI is InChI=1S/C33H47N5O6S/c1-33(2,3)24-18-23(12-13-34-45(41)42)31(43-4)28(19-24)36-32(40)35-27-10-11-29(26-7-5-6-25(26)27)44-17-16-37-14-15-38(30(39)21-37)20-22-8-9-22/h10-11,18-19,22,34H,5-9,12-17,20-21H2,1-4H3,(H,41,42)(H2,35,36,40)/p-1. The number of nitrogens with one attached hydrogen (secondary N) is 3. The molecule has 3 aliphatic rings. The maximum Gasteiger partial charge on any atom is 0.323 e. The molecule has 1 saturated heterocycles. The number of rotatable bonds is 13. The molecule has 1 unspecified atom stereocenters. The van der Waals surface area contributed by atoms with Crippen LogP contribution in [-0.2, 0) is 40.7 Å². The van der Waals surface area contributed by atoms with E-state index in [1.807, 2.05) is 29.2 Å². The number of fused-ring (bicyclic) bond motifs is 1. The fraction of sp³-hybridized carbons (Fsp3) is 0.576. The van der Waals surface area contributed by atoms with Crippen LogP contribution in [0.25, 0.3) is 0 Å². The van der Waals surface area contributed by atoms with E-state index in [-0.39, 0.29) is 17.9 Å². The van der Waals surface area contributed by atoms with Gasteiger partial charge in [0.1, 0.15) is 18.1 Å². The molecule has 2 aliphatic carbocycles. The molecule has 1 heterocycles. The number of hydrogen-bond acceptors (Lipinski definition) is 7. The SMILES string of the molecule is COc1c(CCNS(=O)[O-])cc(C(C)(C)C)cc1NC(=O)Nc1ccc(OCCN2CCN(CC3CC3)C(=O)C2)c2c1CCC2. The van der Waals surface area contributed by atoms with Crippen LogP contribution in [0, 0.1) is 5.92 Å². The van der Waals surface area contributed by atoms with E-state index >= 15 is 0 Å². The third-order valence-electron chi connectivity index (χ3n) is 8.83. The Kier molecular flexibility index (Phi) is 10.7. The number of anilines is 2. The van der Waals surface area contributed by atoms with Crippen molar-refractivity contribution in [3.05, 3.63) is 46.5 Å². The van der Waals surface area contributed by atoms with Crippen molar-refractivity contribution in [3.8, 4) is 11.5 Å². The predicted molar refractivity (Wildman–Crippen MR) is 175 cm³/mol. The molecule has 3 N–H and O–H groups in total. The second-order valence-corrected chi connectivity index (χ2v) is 14.0. The Labute approximate surface area is 268 Å². The van der Waals surface area contributed by atoms with Crippen LogP contribution in [0.3, 0.4) is 0 Å². The molecule has 0 radical (unpaired) electrons. The molecule has 2 aromatic carbocycles. The van der Waals surface area contributed by atoms with E-state index in [0.717, 1.165) is 72.6 Å². The smallest absolute Gasteiger partial charge is 0.323 e. The minimum Gasteiger partial charge on any atom is -0.760 e. The lowest BCUT2D eigenvalue weighted by Crippen LogP contribution is -2.51. The first kappa shape index (κ1) is 33.2. The number of nitrogens with zero attached hydrogens (tertiary/aromatic N) is 2. The van der Waals surface area contributed by atoms with Crippen LogP contribution in [0.2, 0.25) is 0 Å². The number of ether oxygens (including phenoxy) is 2. The van der Waals surface area contributed by atoms with Crippen LogP contribution in [0.4, 0.5) is 16.2 Å². The average molecular weight is 641 g/mol. The van der Waals surface area contributed by atoms with Crippen molar-refractivity contribution >= 4 is 34.6 Å². The summed E-state index contributed by atoms with van der Waals surface area (Å²) in [5, 5.41) is 6.01. The summed E-state index contributed by atoms with van der Waals surface area (Å²) in [6, 6.07) is 7.32. The summed E-state index contributed by atoms with van der Waals surface area (Å²) in [4.78, 5) is 30.1. The van der Waals surface area contributed by atoms with E-state index in [4.69, 9.17) is 9.47 Å². The zero-order valence-electron chi connectivity index (χ0n) is 26.8. The molecular weight excluding hydrogens is 594 g/mol. The lowest BCUT2D eigenvalue weighted by molar-refractivity contribution is -0.136. The van der Waals surface area contributed by atoms with Gasteiger partial charge in [-0.3, -0.25) is 13.9 Å². The van der Waals surface area contributed by atoms with Crippen LogP contribution in [0.15, 0.2) is 24.3 Å². The van der Waals surface area contributed by atoms with E-state index in [9.17, 15) is 18.4 Å². The molecule has 12 heteroatoms. The highest BCUT2D eigenvalue weighted by Gasteiger charge is 2.30. The maximum atomic E-state index is 13.3. The Balaban J connectivity index is 1.22. The van der Waals surface area contributed by atoms with Crippen LogP contribution in [-0.4, -0.2) is 83.5 Å². The third kappa shape index (κ3) is 8.75. The third-order valence-corrected chi connectivity index (χ3v) is 9.27. The molecule has 1 aliphatic heterocycles. The van der Waals surface area contributed by atoms with Gasteiger partial charge in [0.2, 0.25) is 5.91 Å². The van der Waals surface area contributed by atoms with Crippen LogP contribution >= 0.6 is 0 Å². The minimum absolute atomic E-state index is 0.209. The topological polar surface area (TPSA) is 135 Å². The van der Waals surface area contributed by atoms with E-state index in [2.05, 4.69) is 41.0 Å². The van der Waals surface area contributed by atoms with Gasteiger partial charge in [-0.15, -0.1) is 0 Å². The maximum absolute atomic E-state index is 13.3. The molecule has 0 spiro atoms. The number of piperazine rings is 1. The number of carbonyl (C=O) groups excluding carboxylic acids is 2. The lowest BCUT2D eigenvalue weighted by atomic mass is 9.85. The minimum atomic E-state index is -2.36. The Hall–Kier alpha value is -3.19. The first-order chi connectivity index (χ1) is 21.5. The van der Waals surface area contributed by atoms with Gasteiger partial charge >= 0.3 is 6.03 Å². The van der Waals surface area contributed by atoms with Crippen molar-refractivity contribution in [2.45, 2.75) is 64.7 Å². The molecule has 11 nitrogen and oxygen atoms in total. The fourth-order valence-electron chi connectivity index (χ4n) is 6.15. The molecule has 0 aromatic heterocycles. The molecule has 1 atom stereocenters. The molecule has 1 saturated carbocycles. The number of amides is 3. The zero-order chi connectivity index (χ0) is 32.1. The van der Waals surface area contributed by atoms with Gasteiger partial charge in [-0.1, -0.05) is 26.8 Å². The molecule has 0 bridgehead atoms. The van der Waals surface area contributed by atoms with Gasteiger partial charge < -0.3 is 29.6 Å². The summed E-state index contributed by atoms with van der Waals surface area (Å²) >= 11 is -2.36. The summed E-state index contributed by atoms with van der Waals surface area (Å²) in [5.74, 6) is 2.26. The molecule has 2 fully saturated rings. The van der Waals surface area contributed by atoms with E-state index in [1.54, 1.807) is 0 Å². The van der Waals surface area contributed by atoms with Gasteiger partial charge in [-0.2, -0.15) is 0 Å². The van der Waals surface area contributed by atoms with Crippen molar-refractivity contribution in [3.63, 3.8) is 0 Å². The van der Waals surface area contributed by atoms with Crippen LogP contribution in [0.5, 0.6) is 11.5 Å². The molecule has 3 amide bonds. The largest absolute Gasteiger partial charge is 0.760 e. The van der Waals surface area contributed by atoms with Gasteiger partial charge in [0.05, 0.1) is 19.3 Å². The number of urea groups is 1. The van der Waals surface area contributed by atoms with E-state index in [0.29, 0.717) is 43.5 Å². The first-order valence-corrected chi connectivity index (χ1v) is 17.0. The second-order valence-electron chi connectivity index (χ2n) is 13.3. The summed E-state index contributed by atoms with van der Waals surface area (Å²) in [5.41, 5.74) is 5.05. The molecule has 45 heavy (non-hydrogen) atoms. The van der Waals surface area contributed by atoms with Gasteiger partial charge in [0.15, 0.2) is 0 Å². The summed E-state index contributed by atoms with van der Waals surface area (Å²) in [6.45, 7) is 10.7. The summed E-state index contributed by atoms with van der Waals surface area (Å²) in [7, 11) is 1.54. The van der Waals surface area contributed by atoms with Crippen molar-refractivity contribution < 1.29 is 27.8 Å². The second kappa shape index (κ2) is 14.5. The fourth-order valence-corrected chi connectivity index (χ4v) is 6.42. The number of benzene rings is 2. The normalized spacial score (nSPS) is 17.6. The number of methoxy groups -OCH3 is 1. The highest BCUT2D eigenvalue weighted by atomic mass is 32.2. The Bertz CT molecular complexity index is 1420. The monoisotopic (exact) mass is 640 g/mol. The highest BCUT2D eigenvalue weighted by molar-refractivity contribution is 7.77. The van der Waals surface area contributed by atoms with Crippen LogP contribution in [0.1, 0.15) is 62.3 Å². The quantitative estimate of drug-likeness (QED) is 0.282. The number of hydrogen-bond donors (Lipinski definition) is 3. The summed E-state index contributed by atoms with van der Waals surface area (Å²) in [6.07, 6.45) is 5.62. The Morgan fingerprint density at radius 2 is 1.84 bits per heavy atom. The zero-order valence-corrected chi connectivity index (χ0v) is 27.6. The molecule has 246 valence electrons. The molecular formula is C33H46N5O6S-. The Morgan fingerprint density at radius 3 is 2.53 bits per heavy atom. The molecule has 5 rings (SSSR count). The molecule has 2 aromatic rings. The number of carbonyl (C=O) groups is 2. The van der Waals surface area contributed by atoms with Gasteiger partial charge in [0, 0.05) is 49.7 Å². The average Bonchev–Trinajstić information content (AvgIpc) is 3.65. The van der Waals surface area contributed by atoms with E-state index in [1.165, 1.54) is 20.0 Å². The van der Waals surface area contributed by atoms with Crippen molar-refractivity contribution in [2.24, 2.45) is 5.92 Å². The summed E-state index contributed by atoms with van der Waals surface area (Å²) < 4.78 is 36.3. The lowest BCUT2D eigenvalue weighted by Gasteiger charge is -2.34. The van der Waals surface area contributed by atoms with Crippen molar-refractivity contribution in [1.82, 2.24) is 14.5 Å². The van der Waals surface area contributed by atoms with Crippen LogP contribution < -0.4 is 24.8 Å². The highest BCUT2D eigenvalue weighted by Crippen LogP contribution is 2.38. The van der Waals surface area contributed by atoms with Gasteiger partial charge in [-0.05, 0) is 90.3 Å². The predicted octanol–water partition coefficient (Wildman–Crippen LogP) is 3.98. The first-order valence-electron chi connectivity index (χ1n) is 15.9. The van der Waals surface area contributed by atoms with Crippen molar-refractivity contribution in [2.75, 3.05) is 63.6 Å².